The first-order valence-electron chi connectivity index (χ1n) is 4.30. The summed E-state index contributed by atoms with van der Waals surface area (Å²) in [6.45, 7) is 0. The van der Waals surface area contributed by atoms with Gasteiger partial charge in [0.25, 0.3) is 0 Å². The summed E-state index contributed by atoms with van der Waals surface area (Å²) in [5.41, 5.74) is 0. The minimum Gasteiger partial charge on any atom is -0.260 e. The fourth-order valence-corrected chi connectivity index (χ4v) is 2.32. The molecule has 68 valence electrons. The van der Waals surface area contributed by atoms with E-state index in [1.165, 1.54) is 0 Å². The molecule has 2 nitrogen and oxygen atoms in total. The van der Waals surface area contributed by atoms with Gasteiger partial charge < -0.3 is 0 Å². The molecule has 0 fully saturated rings. The van der Waals surface area contributed by atoms with Gasteiger partial charge in [-0.25, -0.2) is 0 Å². The van der Waals surface area contributed by atoms with E-state index in [-0.39, 0.29) is 0 Å². The Kier molecular flexibility index (Phi) is 2.66. The highest BCUT2D eigenvalue weighted by molar-refractivity contribution is 7.61. The summed E-state index contributed by atoms with van der Waals surface area (Å²) in [6.07, 6.45) is 3.32. The second kappa shape index (κ2) is 4.12. The first-order valence-corrected chi connectivity index (χ1v) is 5.56. The third-order valence-electron chi connectivity index (χ3n) is 1.87. The summed E-state index contributed by atoms with van der Waals surface area (Å²) in [7, 11) is -1.48. The van der Waals surface area contributed by atoms with Crippen molar-refractivity contribution in [1.29, 1.82) is 0 Å². The summed E-state index contributed by atoms with van der Waals surface area (Å²) < 4.78 is 12.0. The van der Waals surface area contributed by atoms with Gasteiger partial charge in [-0.3, -0.25) is 4.98 Å². The zero-order chi connectivity index (χ0) is 9.80. The zero-order valence-corrected chi connectivity index (χ0v) is 8.39. The SMILES string of the molecule is O=[P+](c1ccccc1)c1cccnc1. The lowest BCUT2D eigenvalue weighted by Gasteiger charge is -1.87. The first kappa shape index (κ1) is 9.04. The Bertz CT molecular complexity index is 386. The minimum absolute atomic E-state index is 0.772. The average Bonchev–Trinajstić information content (AvgIpc) is 2.30. The van der Waals surface area contributed by atoms with Crippen molar-refractivity contribution in [3.8, 4) is 0 Å². The Balaban J connectivity index is 2.35. The number of hydrogen-bond donors (Lipinski definition) is 0. The van der Waals surface area contributed by atoms with Crippen molar-refractivity contribution in [2.24, 2.45) is 0 Å². The Morgan fingerprint density at radius 3 is 2.29 bits per heavy atom. The molecule has 1 atom stereocenters. The van der Waals surface area contributed by atoms with Gasteiger partial charge in [-0.15, -0.1) is 0 Å². The molecule has 1 aromatic heterocycles. The van der Waals surface area contributed by atoms with Crippen LogP contribution in [-0.2, 0) is 4.57 Å². The van der Waals surface area contributed by atoms with Gasteiger partial charge in [0.2, 0.25) is 5.30 Å². The van der Waals surface area contributed by atoms with Crippen LogP contribution in [0.1, 0.15) is 0 Å². The van der Waals surface area contributed by atoms with E-state index in [4.69, 9.17) is 0 Å². The molecular weight excluding hydrogens is 193 g/mol. The van der Waals surface area contributed by atoms with E-state index in [1.54, 1.807) is 18.5 Å². The predicted octanol–water partition coefficient (Wildman–Crippen LogP) is 1.86. The van der Waals surface area contributed by atoms with Crippen molar-refractivity contribution < 1.29 is 4.57 Å². The maximum absolute atomic E-state index is 12.0. The van der Waals surface area contributed by atoms with Crippen LogP contribution in [0.5, 0.6) is 0 Å². The smallest absolute Gasteiger partial charge is 0.260 e. The quantitative estimate of drug-likeness (QED) is 0.696. The van der Waals surface area contributed by atoms with E-state index in [1.807, 2.05) is 36.4 Å². The summed E-state index contributed by atoms with van der Waals surface area (Å²) in [5, 5.41) is 1.62. The number of aromatic nitrogens is 1. The lowest BCUT2D eigenvalue weighted by Crippen LogP contribution is -2.05. The van der Waals surface area contributed by atoms with E-state index >= 15 is 0 Å². The van der Waals surface area contributed by atoms with Gasteiger partial charge >= 0.3 is 7.80 Å². The van der Waals surface area contributed by atoms with Crippen LogP contribution in [0.25, 0.3) is 0 Å². The van der Waals surface area contributed by atoms with E-state index in [9.17, 15) is 4.57 Å². The Morgan fingerprint density at radius 1 is 0.929 bits per heavy atom. The fraction of sp³-hybridized carbons (Fsp3) is 0. The third kappa shape index (κ3) is 1.86. The second-order valence-electron chi connectivity index (χ2n) is 2.84. The lowest BCUT2D eigenvalue weighted by molar-refractivity contribution is 0.598. The van der Waals surface area contributed by atoms with Gasteiger partial charge in [-0.05, 0) is 24.3 Å². The van der Waals surface area contributed by atoms with E-state index in [0.717, 1.165) is 10.6 Å². The van der Waals surface area contributed by atoms with E-state index in [0.29, 0.717) is 0 Å². The zero-order valence-electron chi connectivity index (χ0n) is 7.50. The molecule has 0 N–H and O–H groups in total. The number of hydrogen-bond acceptors (Lipinski definition) is 2. The van der Waals surface area contributed by atoms with Crippen molar-refractivity contribution in [3.63, 3.8) is 0 Å². The molecule has 14 heavy (non-hydrogen) atoms. The van der Waals surface area contributed by atoms with Crippen LogP contribution in [0.4, 0.5) is 0 Å². The topological polar surface area (TPSA) is 30.0 Å². The van der Waals surface area contributed by atoms with Crippen LogP contribution in [0.15, 0.2) is 54.9 Å². The molecule has 2 rings (SSSR count). The van der Waals surface area contributed by atoms with Crippen molar-refractivity contribution in [1.82, 2.24) is 4.98 Å². The van der Waals surface area contributed by atoms with E-state index in [2.05, 4.69) is 4.98 Å². The van der Waals surface area contributed by atoms with Crippen molar-refractivity contribution >= 4 is 18.4 Å². The standard InChI is InChI=1S/C11H9NOP/c13-14(10-5-2-1-3-6-10)11-7-4-8-12-9-11/h1-9H/q+1. The Morgan fingerprint density at radius 2 is 1.64 bits per heavy atom. The molecule has 0 radical (unpaired) electrons. The van der Waals surface area contributed by atoms with Crippen molar-refractivity contribution in [2.75, 3.05) is 0 Å². The predicted molar refractivity (Wildman–Crippen MR) is 57.6 cm³/mol. The maximum Gasteiger partial charge on any atom is 0.416 e. The molecule has 0 amide bonds. The molecule has 1 unspecified atom stereocenters. The van der Waals surface area contributed by atoms with Crippen molar-refractivity contribution in [2.45, 2.75) is 0 Å². The van der Waals surface area contributed by atoms with Gasteiger partial charge in [-0.1, -0.05) is 22.8 Å². The van der Waals surface area contributed by atoms with Crippen LogP contribution >= 0.6 is 7.80 Å². The van der Waals surface area contributed by atoms with E-state index < -0.39 is 7.80 Å². The van der Waals surface area contributed by atoms with Crippen LogP contribution < -0.4 is 10.6 Å². The number of rotatable bonds is 2. The number of nitrogens with zero attached hydrogens (tertiary/aromatic N) is 1. The summed E-state index contributed by atoms with van der Waals surface area (Å²) in [6, 6.07) is 13.1. The first-order chi connectivity index (χ1) is 6.88. The molecule has 1 heterocycles. The molecule has 3 heteroatoms. The van der Waals surface area contributed by atoms with Gasteiger partial charge in [0, 0.05) is 6.20 Å². The van der Waals surface area contributed by atoms with Gasteiger partial charge in [0.05, 0.1) is 6.20 Å². The molecule has 1 aromatic carbocycles. The molecule has 0 spiro atoms. The third-order valence-corrected chi connectivity index (χ3v) is 3.37. The molecule has 0 aliphatic carbocycles. The highest BCUT2D eigenvalue weighted by atomic mass is 31.1. The molecule has 0 aliphatic heterocycles. The highest BCUT2D eigenvalue weighted by Crippen LogP contribution is 2.17. The maximum atomic E-state index is 12.0. The van der Waals surface area contributed by atoms with Gasteiger partial charge in [0.15, 0.2) is 5.30 Å². The number of benzene rings is 1. The summed E-state index contributed by atoms with van der Waals surface area (Å²) in [4.78, 5) is 3.95. The molecule has 0 saturated carbocycles. The molecular formula is C11H9NOP+. The lowest BCUT2D eigenvalue weighted by atomic mass is 10.4. The van der Waals surface area contributed by atoms with Crippen LogP contribution in [0.2, 0.25) is 0 Å². The van der Waals surface area contributed by atoms with Crippen molar-refractivity contribution in [3.05, 3.63) is 54.9 Å². The monoisotopic (exact) mass is 202 g/mol. The largest absolute Gasteiger partial charge is 0.416 e. The Labute approximate surface area is 83.4 Å². The molecule has 0 bridgehead atoms. The molecule has 2 aromatic rings. The Hall–Kier alpha value is -1.53. The summed E-state index contributed by atoms with van der Waals surface area (Å²) >= 11 is 0. The second-order valence-corrected chi connectivity index (χ2v) is 4.46. The number of pyridine rings is 1. The fourth-order valence-electron chi connectivity index (χ4n) is 1.19. The average molecular weight is 202 g/mol. The van der Waals surface area contributed by atoms with Crippen LogP contribution in [-0.4, -0.2) is 4.98 Å². The van der Waals surface area contributed by atoms with Crippen LogP contribution in [0, 0.1) is 0 Å². The summed E-state index contributed by atoms with van der Waals surface area (Å²) in [5.74, 6) is 0. The van der Waals surface area contributed by atoms with Crippen LogP contribution in [0.3, 0.4) is 0 Å². The molecule has 0 aliphatic rings. The minimum atomic E-state index is -1.48. The highest BCUT2D eigenvalue weighted by Gasteiger charge is 2.22. The normalized spacial score (nSPS) is 11.0. The van der Waals surface area contributed by atoms with Gasteiger partial charge in [0.1, 0.15) is 0 Å². The molecule has 0 saturated heterocycles. The van der Waals surface area contributed by atoms with Gasteiger partial charge in [-0.2, -0.15) is 0 Å².